The van der Waals surface area contributed by atoms with Crippen molar-refractivity contribution < 1.29 is 5.11 Å². The fraction of sp³-hybridized carbons (Fsp3) is 0.444. The van der Waals surface area contributed by atoms with Gasteiger partial charge in [0.15, 0.2) is 0 Å². The van der Waals surface area contributed by atoms with Crippen molar-refractivity contribution >= 4 is 0 Å². The summed E-state index contributed by atoms with van der Waals surface area (Å²) in [6.45, 7) is 5.32. The van der Waals surface area contributed by atoms with E-state index in [4.69, 9.17) is 10.4 Å². The Morgan fingerprint density at radius 1 is 1.30 bits per heavy atom. The zero-order valence-electron chi connectivity index (χ0n) is 13.8. The summed E-state index contributed by atoms with van der Waals surface area (Å²) < 4.78 is 1.85. The van der Waals surface area contributed by atoms with Gasteiger partial charge in [-0.25, -0.2) is 0 Å². The molecule has 1 aromatic heterocycles. The number of aromatic nitrogens is 2. The van der Waals surface area contributed by atoms with Crippen LogP contribution < -0.4 is 5.32 Å². The molecule has 0 radical (unpaired) electrons. The van der Waals surface area contributed by atoms with E-state index in [0.717, 1.165) is 23.4 Å². The SMILES string of the molecule is Cc1nn(CCO)c(C)c1CNC(CCC#N)c1ccccc1. The summed E-state index contributed by atoms with van der Waals surface area (Å²) in [5, 5.41) is 26.0. The molecule has 5 nitrogen and oxygen atoms in total. The monoisotopic (exact) mass is 312 g/mol. The zero-order chi connectivity index (χ0) is 16.7. The molecule has 0 saturated heterocycles. The molecule has 1 unspecified atom stereocenters. The lowest BCUT2D eigenvalue weighted by molar-refractivity contribution is 0.267. The van der Waals surface area contributed by atoms with Crippen molar-refractivity contribution in [1.29, 1.82) is 5.26 Å². The molecule has 122 valence electrons. The summed E-state index contributed by atoms with van der Waals surface area (Å²) >= 11 is 0. The summed E-state index contributed by atoms with van der Waals surface area (Å²) in [5.41, 5.74) is 4.42. The van der Waals surface area contributed by atoms with E-state index < -0.39 is 0 Å². The van der Waals surface area contributed by atoms with E-state index >= 15 is 0 Å². The van der Waals surface area contributed by atoms with Crippen LogP contribution in [0, 0.1) is 25.2 Å². The number of hydrogen-bond acceptors (Lipinski definition) is 4. The predicted molar refractivity (Wildman–Crippen MR) is 89.7 cm³/mol. The van der Waals surface area contributed by atoms with Gasteiger partial charge in [0.2, 0.25) is 0 Å². The summed E-state index contributed by atoms with van der Waals surface area (Å²) in [5.74, 6) is 0. The van der Waals surface area contributed by atoms with E-state index in [-0.39, 0.29) is 12.6 Å². The molecular formula is C18H24N4O. The van der Waals surface area contributed by atoms with Crippen LogP contribution in [0.3, 0.4) is 0 Å². The lowest BCUT2D eigenvalue weighted by Crippen LogP contribution is -2.21. The van der Waals surface area contributed by atoms with E-state index in [1.54, 1.807) is 0 Å². The minimum atomic E-state index is 0.0869. The van der Waals surface area contributed by atoms with Crippen LogP contribution >= 0.6 is 0 Å². The zero-order valence-corrected chi connectivity index (χ0v) is 13.8. The van der Waals surface area contributed by atoms with Crippen LogP contribution in [0.1, 0.15) is 41.4 Å². The molecule has 0 amide bonds. The first kappa shape index (κ1) is 17.2. The lowest BCUT2D eigenvalue weighted by atomic mass is 10.0. The van der Waals surface area contributed by atoms with Crippen LogP contribution in [0.15, 0.2) is 30.3 Å². The number of benzene rings is 1. The highest BCUT2D eigenvalue weighted by Crippen LogP contribution is 2.20. The van der Waals surface area contributed by atoms with Crippen LogP contribution in [-0.4, -0.2) is 21.5 Å². The molecule has 2 aromatic rings. The molecule has 2 rings (SSSR count). The molecule has 0 spiro atoms. The molecule has 0 aliphatic carbocycles. The lowest BCUT2D eigenvalue weighted by Gasteiger charge is -2.18. The normalized spacial score (nSPS) is 12.1. The molecule has 0 bridgehead atoms. The van der Waals surface area contributed by atoms with Crippen LogP contribution in [0.2, 0.25) is 0 Å². The van der Waals surface area contributed by atoms with E-state index in [1.165, 1.54) is 5.56 Å². The van der Waals surface area contributed by atoms with Gasteiger partial charge < -0.3 is 10.4 Å². The van der Waals surface area contributed by atoms with Gasteiger partial charge in [0.1, 0.15) is 0 Å². The van der Waals surface area contributed by atoms with Crippen LogP contribution in [0.25, 0.3) is 0 Å². The molecule has 2 N–H and O–H groups in total. The number of aliphatic hydroxyl groups excluding tert-OH is 1. The van der Waals surface area contributed by atoms with Gasteiger partial charge >= 0.3 is 0 Å². The van der Waals surface area contributed by atoms with Crippen molar-refractivity contribution in [2.75, 3.05) is 6.61 Å². The smallest absolute Gasteiger partial charge is 0.0644 e. The number of aliphatic hydroxyl groups is 1. The average molecular weight is 312 g/mol. The Balaban J connectivity index is 2.11. The quantitative estimate of drug-likeness (QED) is 0.786. The maximum Gasteiger partial charge on any atom is 0.0644 e. The van der Waals surface area contributed by atoms with Crippen molar-refractivity contribution in [3.05, 3.63) is 52.8 Å². The number of hydrogen-bond donors (Lipinski definition) is 2. The number of nitrogens with one attached hydrogen (secondary N) is 1. The van der Waals surface area contributed by atoms with Gasteiger partial charge in [0.25, 0.3) is 0 Å². The number of nitriles is 1. The first-order valence-corrected chi connectivity index (χ1v) is 7.96. The van der Waals surface area contributed by atoms with Crippen molar-refractivity contribution in [2.45, 2.75) is 45.8 Å². The van der Waals surface area contributed by atoms with E-state index in [9.17, 15) is 0 Å². The first-order chi connectivity index (χ1) is 11.2. The van der Waals surface area contributed by atoms with Gasteiger partial charge in [-0.15, -0.1) is 0 Å². The molecule has 1 heterocycles. The Hall–Kier alpha value is -2.16. The van der Waals surface area contributed by atoms with Crippen LogP contribution in [0.5, 0.6) is 0 Å². The maximum atomic E-state index is 9.10. The van der Waals surface area contributed by atoms with Gasteiger partial charge in [0, 0.05) is 30.3 Å². The number of rotatable bonds is 8. The van der Waals surface area contributed by atoms with Gasteiger partial charge in [-0.05, 0) is 25.8 Å². The number of nitrogens with zero attached hydrogens (tertiary/aromatic N) is 3. The molecule has 0 aliphatic heterocycles. The van der Waals surface area contributed by atoms with E-state index in [1.807, 2.05) is 36.7 Å². The van der Waals surface area contributed by atoms with E-state index in [0.29, 0.717) is 19.5 Å². The Bertz CT molecular complexity index is 658. The topological polar surface area (TPSA) is 73.9 Å². The minimum absolute atomic E-state index is 0.0869. The molecule has 5 heteroatoms. The second-order valence-corrected chi connectivity index (χ2v) is 5.64. The fourth-order valence-corrected chi connectivity index (χ4v) is 2.81. The third-order valence-corrected chi connectivity index (χ3v) is 4.12. The highest BCUT2D eigenvalue weighted by atomic mass is 16.3. The third-order valence-electron chi connectivity index (χ3n) is 4.12. The van der Waals surface area contributed by atoms with Crippen molar-refractivity contribution in [1.82, 2.24) is 15.1 Å². The highest BCUT2D eigenvalue weighted by Gasteiger charge is 2.15. The summed E-state index contributed by atoms with van der Waals surface area (Å²) in [6, 6.07) is 12.6. The molecule has 1 aromatic carbocycles. The molecule has 1 atom stereocenters. The van der Waals surface area contributed by atoms with Crippen LogP contribution in [-0.2, 0) is 13.1 Å². The minimum Gasteiger partial charge on any atom is -0.394 e. The first-order valence-electron chi connectivity index (χ1n) is 7.96. The van der Waals surface area contributed by atoms with E-state index in [2.05, 4.69) is 28.6 Å². The molecule has 0 saturated carbocycles. The Morgan fingerprint density at radius 2 is 2.04 bits per heavy atom. The molecule has 0 fully saturated rings. The third kappa shape index (κ3) is 4.41. The Morgan fingerprint density at radius 3 is 2.70 bits per heavy atom. The standard InChI is InChI=1S/C18H24N4O/c1-14-17(15(2)22(21-14)11-12-23)13-20-18(9-6-10-19)16-7-4-3-5-8-16/h3-5,7-8,18,20,23H,6,9,11-13H2,1-2H3. The Labute approximate surface area is 137 Å². The molecule has 0 aliphatic rings. The predicted octanol–water partition coefficient (Wildman–Crippen LogP) is 2.63. The van der Waals surface area contributed by atoms with Gasteiger partial charge in [0.05, 0.1) is 24.9 Å². The fourth-order valence-electron chi connectivity index (χ4n) is 2.81. The highest BCUT2D eigenvalue weighted by molar-refractivity contribution is 5.25. The van der Waals surface area contributed by atoms with Crippen molar-refractivity contribution in [3.63, 3.8) is 0 Å². The summed E-state index contributed by atoms with van der Waals surface area (Å²) in [4.78, 5) is 0. The van der Waals surface area contributed by atoms with Gasteiger partial charge in [-0.2, -0.15) is 10.4 Å². The number of aryl methyl sites for hydroxylation is 1. The second-order valence-electron chi connectivity index (χ2n) is 5.64. The summed E-state index contributed by atoms with van der Waals surface area (Å²) in [6.07, 6.45) is 1.30. The van der Waals surface area contributed by atoms with Crippen molar-refractivity contribution in [3.8, 4) is 6.07 Å². The Kier molecular flexibility index (Phi) is 6.33. The van der Waals surface area contributed by atoms with Gasteiger partial charge in [-0.3, -0.25) is 4.68 Å². The molecular weight excluding hydrogens is 288 g/mol. The van der Waals surface area contributed by atoms with Gasteiger partial charge in [-0.1, -0.05) is 30.3 Å². The molecule has 23 heavy (non-hydrogen) atoms. The second kappa shape index (κ2) is 8.47. The average Bonchev–Trinajstić information content (AvgIpc) is 2.83. The van der Waals surface area contributed by atoms with Crippen LogP contribution in [0.4, 0.5) is 0 Å². The maximum absolute atomic E-state index is 9.10. The van der Waals surface area contributed by atoms with Crippen molar-refractivity contribution in [2.24, 2.45) is 0 Å². The summed E-state index contributed by atoms with van der Waals surface area (Å²) in [7, 11) is 0. The largest absolute Gasteiger partial charge is 0.394 e.